The number of amides is 3. The lowest BCUT2D eigenvalue weighted by molar-refractivity contribution is 0.0641. The molecule has 3 amide bonds. The third-order valence-electron chi connectivity index (χ3n) is 3.67. The molecule has 1 atom stereocenters. The van der Waals surface area contributed by atoms with Crippen LogP contribution in [0.4, 0.5) is 4.79 Å². The van der Waals surface area contributed by atoms with E-state index < -0.39 is 0 Å². The van der Waals surface area contributed by atoms with E-state index in [4.69, 9.17) is 4.74 Å². The van der Waals surface area contributed by atoms with Crippen molar-refractivity contribution >= 4 is 11.9 Å². The topological polar surface area (TPSA) is 77.7 Å². The van der Waals surface area contributed by atoms with Gasteiger partial charge in [0.05, 0.1) is 6.10 Å². The molecule has 0 spiro atoms. The van der Waals surface area contributed by atoms with Gasteiger partial charge in [0.25, 0.3) is 5.91 Å². The molecule has 2 rings (SSSR count). The van der Waals surface area contributed by atoms with Crippen molar-refractivity contribution in [3.63, 3.8) is 0 Å². The molecule has 1 fully saturated rings. The zero-order chi connectivity index (χ0) is 15.9. The number of hydrogen-bond donors (Lipinski definition) is 2. The van der Waals surface area contributed by atoms with Crippen molar-refractivity contribution in [2.75, 3.05) is 39.3 Å². The minimum atomic E-state index is -0.0986. The first kappa shape index (κ1) is 16.4. The molecule has 1 aromatic rings. The Morgan fingerprint density at radius 2 is 2.00 bits per heavy atom. The molecule has 1 saturated heterocycles. The molecule has 0 bridgehead atoms. The zero-order valence-corrected chi connectivity index (χ0v) is 13.2. The van der Waals surface area contributed by atoms with E-state index >= 15 is 0 Å². The summed E-state index contributed by atoms with van der Waals surface area (Å²) in [4.78, 5) is 30.7. The Morgan fingerprint density at radius 1 is 1.32 bits per heavy atom. The predicted molar refractivity (Wildman–Crippen MR) is 82.8 cm³/mol. The average molecular weight is 308 g/mol. The van der Waals surface area contributed by atoms with Gasteiger partial charge < -0.3 is 24.8 Å². The van der Waals surface area contributed by atoms with Crippen molar-refractivity contribution in [2.45, 2.75) is 20.0 Å². The number of H-pyrrole nitrogens is 1. The number of hydrogen-bond acceptors (Lipinski definition) is 3. The largest absolute Gasteiger partial charge is 0.377 e. The lowest BCUT2D eigenvalue weighted by Gasteiger charge is -2.34. The van der Waals surface area contributed by atoms with Crippen LogP contribution in [-0.4, -0.2) is 72.2 Å². The van der Waals surface area contributed by atoms with Gasteiger partial charge in [-0.1, -0.05) is 0 Å². The molecule has 0 radical (unpaired) electrons. The monoisotopic (exact) mass is 308 g/mol. The zero-order valence-electron chi connectivity index (χ0n) is 13.2. The van der Waals surface area contributed by atoms with Crippen LogP contribution < -0.4 is 5.32 Å². The van der Waals surface area contributed by atoms with E-state index in [2.05, 4.69) is 10.3 Å². The number of nitrogens with one attached hydrogen (secondary N) is 2. The maximum absolute atomic E-state index is 12.2. The second kappa shape index (κ2) is 7.84. The molecule has 122 valence electrons. The van der Waals surface area contributed by atoms with Crippen LogP contribution >= 0.6 is 0 Å². The van der Waals surface area contributed by atoms with Crippen molar-refractivity contribution in [2.24, 2.45) is 0 Å². The highest BCUT2D eigenvalue weighted by atomic mass is 16.5. The standard InChI is InChI=1S/C15H24N4O3/c1-3-22-12(2)11-17-15(21)19-9-7-18(8-10-19)14(20)13-5-4-6-16-13/h4-6,12,16H,3,7-11H2,1-2H3,(H,17,21)/t12-/m1/s1. The van der Waals surface area contributed by atoms with E-state index in [0.29, 0.717) is 45.0 Å². The maximum Gasteiger partial charge on any atom is 0.317 e. The van der Waals surface area contributed by atoms with Crippen LogP contribution in [0.2, 0.25) is 0 Å². The van der Waals surface area contributed by atoms with Crippen LogP contribution in [0.1, 0.15) is 24.3 Å². The highest BCUT2D eigenvalue weighted by Gasteiger charge is 2.25. The number of aromatic amines is 1. The number of carbonyl (C=O) groups is 2. The van der Waals surface area contributed by atoms with E-state index in [-0.39, 0.29) is 18.0 Å². The molecule has 2 heterocycles. The Labute approximate surface area is 130 Å². The van der Waals surface area contributed by atoms with Gasteiger partial charge >= 0.3 is 6.03 Å². The normalized spacial score (nSPS) is 16.5. The Hall–Kier alpha value is -2.02. The van der Waals surface area contributed by atoms with Crippen LogP contribution in [0.25, 0.3) is 0 Å². The number of urea groups is 1. The van der Waals surface area contributed by atoms with Crippen LogP contribution in [0.15, 0.2) is 18.3 Å². The fraction of sp³-hybridized carbons (Fsp3) is 0.600. The second-order valence-corrected chi connectivity index (χ2v) is 5.32. The number of nitrogens with zero attached hydrogens (tertiary/aromatic N) is 2. The van der Waals surface area contributed by atoms with Crippen molar-refractivity contribution < 1.29 is 14.3 Å². The molecular formula is C15H24N4O3. The van der Waals surface area contributed by atoms with Crippen LogP contribution in [0.5, 0.6) is 0 Å². The summed E-state index contributed by atoms with van der Waals surface area (Å²) in [5.41, 5.74) is 0.587. The van der Waals surface area contributed by atoms with Gasteiger partial charge in [-0.2, -0.15) is 0 Å². The van der Waals surface area contributed by atoms with Crippen molar-refractivity contribution in [1.29, 1.82) is 0 Å². The van der Waals surface area contributed by atoms with E-state index in [1.54, 1.807) is 28.1 Å². The molecular weight excluding hydrogens is 284 g/mol. The van der Waals surface area contributed by atoms with Crippen LogP contribution in [0.3, 0.4) is 0 Å². The Morgan fingerprint density at radius 3 is 2.59 bits per heavy atom. The van der Waals surface area contributed by atoms with Gasteiger partial charge in [-0.3, -0.25) is 4.79 Å². The minimum absolute atomic E-state index is 0.00435. The summed E-state index contributed by atoms with van der Waals surface area (Å²) >= 11 is 0. The fourth-order valence-corrected chi connectivity index (χ4v) is 2.43. The highest BCUT2D eigenvalue weighted by molar-refractivity contribution is 5.92. The van der Waals surface area contributed by atoms with Crippen molar-refractivity contribution in [3.8, 4) is 0 Å². The molecule has 1 aliphatic rings. The molecule has 0 unspecified atom stereocenters. The minimum Gasteiger partial charge on any atom is -0.377 e. The molecule has 0 saturated carbocycles. The van der Waals surface area contributed by atoms with Crippen LogP contribution in [-0.2, 0) is 4.74 Å². The summed E-state index contributed by atoms with van der Waals surface area (Å²) < 4.78 is 5.38. The van der Waals surface area contributed by atoms with Gasteiger partial charge in [0.1, 0.15) is 5.69 Å². The average Bonchev–Trinajstić information content (AvgIpc) is 3.07. The second-order valence-electron chi connectivity index (χ2n) is 5.32. The van der Waals surface area contributed by atoms with Crippen molar-refractivity contribution in [1.82, 2.24) is 20.1 Å². The first-order chi connectivity index (χ1) is 10.6. The van der Waals surface area contributed by atoms with Crippen molar-refractivity contribution in [3.05, 3.63) is 24.0 Å². The molecule has 1 aromatic heterocycles. The number of ether oxygens (including phenoxy) is 1. The maximum atomic E-state index is 12.2. The molecule has 0 aliphatic carbocycles. The van der Waals surface area contributed by atoms with E-state index in [9.17, 15) is 9.59 Å². The van der Waals surface area contributed by atoms with Gasteiger partial charge in [-0.15, -0.1) is 0 Å². The smallest absolute Gasteiger partial charge is 0.317 e. The Balaban J connectivity index is 1.74. The first-order valence-corrected chi connectivity index (χ1v) is 7.69. The summed E-state index contributed by atoms with van der Waals surface area (Å²) in [5, 5.41) is 2.86. The third-order valence-corrected chi connectivity index (χ3v) is 3.67. The van der Waals surface area contributed by atoms with Gasteiger partial charge in [0, 0.05) is 45.5 Å². The summed E-state index contributed by atoms with van der Waals surface area (Å²) in [7, 11) is 0. The SMILES string of the molecule is CCO[C@H](C)CNC(=O)N1CCN(C(=O)c2ccc[nH]2)CC1. The lowest BCUT2D eigenvalue weighted by Crippen LogP contribution is -2.53. The van der Waals surface area contributed by atoms with E-state index in [0.717, 1.165) is 0 Å². The summed E-state index contributed by atoms with van der Waals surface area (Å²) in [6.07, 6.45) is 1.74. The van der Waals surface area contributed by atoms with Gasteiger partial charge in [0.15, 0.2) is 0 Å². The Bertz CT molecular complexity index is 481. The fourth-order valence-electron chi connectivity index (χ4n) is 2.43. The molecule has 1 aliphatic heterocycles. The quantitative estimate of drug-likeness (QED) is 0.848. The van der Waals surface area contributed by atoms with E-state index in [1.807, 2.05) is 13.8 Å². The summed E-state index contributed by atoms with van der Waals surface area (Å²) in [5.74, 6) is -0.0185. The highest BCUT2D eigenvalue weighted by Crippen LogP contribution is 2.07. The van der Waals surface area contributed by atoms with Gasteiger partial charge in [0.2, 0.25) is 0 Å². The molecule has 22 heavy (non-hydrogen) atoms. The lowest BCUT2D eigenvalue weighted by atomic mass is 10.3. The van der Waals surface area contributed by atoms with Gasteiger partial charge in [-0.05, 0) is 26.0 Å². The molecule has 0 aromatic carbocycles. The Kier molecular flexibility index (Phi) is 5.83. The van der Waals surface area contributed by atoms with Crippen LogP contribution in [0, 0.1) is 0 Å². The molecule has 7 nitrogen and oxygen atoms in total. The number of piperazine rings is 1. The predicted octanol–water partition coefficient (Wildman–Crippen LogP) is 0.907. The summed E-state index contributed by atoms with van der Waals surface area (Å²) in [6, 6.07) is 3.46. The molecule has 2 N–H and O–H groups in total. The number of rotatable bonds is 5. The third kappa shape index (κ3) is 4.24. The number of carbonyl (C=O) groups excluding carboxylic acids is 2. The van der Waals surface area contributed by atoms with Gasteiger partial charge in [-0.25, -0.2) is 4.79 Å². The van der Waals surface area contributed by atoms with E-state index in [1.165, 1.54) is 0 Å². The molecule has 7 heteroatoms. The first-order valence-electron chi connectivity index (χ1n) is 7.69. The summed E-state index contributed by atoms with van der Waals surface area (Å²) in [6.45, 7) is 7.17. The number of aromatic nitrogens is 1.